The standard InChI is InChI=1S/C19H29N3O2.2ClH/c1-14-12-22(13-15-5-3-2-4-6-15)10-9-17(14)21-19(23)18-8-7-16(11-20)24-18;;/h2-6,14,16-18H,7-13,20H2,1H3,(H,21,23);2*1H/t14?,16-,17?,18+;;/m1../s1. The number of nitrogens with one attached hydrogen (secondary N) is 1. The number of piperidine rings is 1. The van der Waals surface area contributed by atoms with Crippen molar-refractivity contribution in [3.8, 4) is 0 Å². The van der Waals surface area contributed by atoms with Crippen LogP contribution in [0.1, 0.15) is 31.7 Å². The Morgan fingerprint density at radius 2 is 1.96 bits per heavy atom. The van der Waals surface area contributed by atoms with Gasteiger partial charge in [-0.15, -0.1) is 24.8 Å². The monoisotopic (exact) mass is 403 g/mol. The van der Waals surface area contributed by atoms with Gasteiger partial charge in [-0.2, -0.15) is 0 Å². The number of nitrogens with zero attached hydrogens (tertiary/aromatic N) is 1. The van der Waals surface area contributed by atoms with Crippen molar-refractivity contribution in [1.82, 2.24) is 10.2 Å². The fourth-order valence-electron chi connectivity index (χ4n) is 3.78. The van der Waals surface area contributed by atoms with Gasteiger partial charge in [0.15, 0.2) is 0 Å². The Morgan fingerprint density at radius 3 is 2.58 bits per heavy atom. The van der Waals surface area contributed by atoms with Gasteiger partial charge in [-0.05, 0) is 30.7 Å². The molecule has 2 fully saturated rings. The van der Waals surface area contributed by atoms with Crippen molar-refractivity contribution in [2.24, 2.45) is 11.7 Å². The van der Waals surface area contributed by atoms with Crippen LogP contribution in [0.15, 0.2) is 30.3 Å². The first-order chi connectivity index (χ1) is 11.7. The number of hydrogen-bond acceptors (Lipinski definition) is 4. The SMILES string of the molecule is CC1CN(Cc2ccccc2)CCC1NC(=O)[C@@H]1CC[C@H](CN)O1.Cl.Cl. The summed E-state index contributed by atoms with van der Waals surface area (Å²) >= 11 is 0. The molecule has 1 aromatic rings. The molecule has 2 unspecified atom stereocenters. The number of rotatable bonds is 5. The molecule has 2 saturated heterocycles. The average Bonchev–Trinajstić information content (AvgIpc) is 3.07. The number of hydrogen-bond donors (Lipinski definition) is 2. The van der Waals surface area contributed by atoms with E-state index >= 15 is 0 Å². The zero-order chi connectivity index (χ0) is 16.9. The Bertz CT molecular complexity index is 547. The second kappa shape index (κ2) is 11.1. The van der Waals surface area contributed by atoms with Crippen LogP contribution in [-0.4, -0.2) is 48.7 Å². The molecule has 0 aromatic heterocycles. The molecule has 5 nitrogen and oxygen atoms in total. The molecule has 3 N–H and O–H groups in total. The van der Waals surface area contributed by atoms with Gasteiger partial charge in [0.2, 0.25) is 5.91 Å². The number of nitrogens with two attached hydrogens (primary N) is 1. The Labute approximate surface area is 168 Å². The van der Waals surface area contributed by atoms with Crippen LogP contribution in [-0.2, 0) is 16.1 Å². The molecule has 3 rings (SSSR count). The quantitative estimate of drug-likeness (QED) is 0.791. The van der Waals surface area contributed by atoms with Gasteiger partial charge < -0.3 is 15.8 Å². The number of carbonyl (C=O) groups excluding carboxylic acids is 1. The zero-order valence-corrected chi connectivity index (χ0v) is 16.9. The second-order valence-corrected chi connectivity index (χ2v) is 7.16. The highest BCUT2D eigenvalue weighted by Crippen LogP contribution is 2.22. The molecule has 2 heterocycles. The number of ether oxygens (including phenoxy) is 1. The van der Waals surface area contributed by atoms with Gasteiger partial charge in [-0.25, -0.2) is 0 Å². The Morgan fingerprint density at radius 1 is 1.23 bits per heavy atom. The molecule has 7 heteroatoms. The van der Waals surface area contributed by atoms with Crippen LogP contribution in [0.25, 0.3) is 0 Å². The molecule has 0 aliphatic carbocycles. The number of likely N-dealkylation sites (tertiary alicyclic amines) is 1. The van der Waals surface area contributed by atoms with Crippen LogP contribution < -0.4 is 11.1 Å². The summed E-state index contributed by atoms with van der Waals surface area (Å²) in [6.45, 7) is 5.73. The maximum Gasteiger partial charge on any atom is 0.249 e. The van der Waals surface area contributed by atoms with E-state index in [9.17, 15) is 4.79 Å². The van der Waals surface area contributed by atoms with E-state index in [0.29, 0.717) is 12.5 Å². The normalized spacial score (nSPS) is 28.7. The molecule has 0 bridgehead atoms. The van der Waals surface area contributed by atoms with Crippen molar-refractivity contribution in [3.05, 3.63) is 35.9 Å². The van der Waals surface area contributed by atoms with Gasteiger partial charge in [0.1, 0.15) is 6.10 Å². The van der Waals surface area contributed by atoms with Crippen LogP contribution >= 0.6 is 24.8 Å². The first kappa shape index (κ1) is 23.2. The third-order valence-electron chi connectivity index (χ3n) is 5.23. The average molecular weight is 404 g/mol. The highest BCUT2D eigenvalue weighted by molar-refractivity contribution is 5.85. The number of amides is 1. The van der Waals surface area contributed by atoms with Crippen molar-refractivity contribution in [3.63, 3.8) is 0 Å². The minimum absolute atomic E-state index is 0. The van der Waals surface area contributed by atoms with Crippen molar-refractivity contribution < 1.29 is 9.53 Å². The number of halogens is 2. The molecule has 0 spiro atoms. The van der Waals surface area contributed by atoms with Crippen molar-refractivity contribution in [2.45, 2.75) is 51.0 Å². The molecule has 148 valence electrons. The first-order valence-electron chi connectivity index (χ1n) is 9.08. The lowest BCUT2D eigenvalue weighted by Gasteiger charge is -2.37. The summed E-state index contributed by atoms with van der Waals surface area (Å²) in [5, 5.41) is 3.21. The molecule has 2 aliphatic heterocycles. The molecule has 4 atom stereocenters. The number of benzene rings is 1. The minimum Gasteiger partial charge on any atom is -0.364 e. The van der Waals surface area contributed by atoms with Crippen LogP contribution in [0.5, 0.6) is 0 Å². The number of carbonyl (C=O) groups is 1. The summed E-state index contributed by atoms with van der Waals surface area (Å²) in [5.41, 5.74) is 6.97. The topological polar surface area (TPSA) is 67.6 Å². The van der Waals surface area contributed by atoms with Gasteiger partial charge in [0.05, 0.1) is 6.10 Å². The Hall–Kier alpha value is -0.850. The maximum atomic E-state index is 12.4. The fourth-order valence-corrected chi connectivity index (χ4v) is 3.78. The van der Waals surface area contributed by atoms with Crippen molar-refractivity contribution in [1.29, 1.82) is 0 Å². The summed E-state index contributed by atoms with van der Waals surface area (Å²) < 4.78 is 5.70. The van der Waals surface area contributed by atoms with E-state index in [4.69, 9.17) is 10.5 Å². The smallest absolute Gasteiger partial charge is 0.249 e. The predicted octanol–water partition coefficient (Wildman–Crippen LogP) is 2.36. The first-order valence-corrected chi connectivity index (χ1v) is 9.08. The maximum absolute atomic E-state index is 12.4. The van der Waals surface area contributed by atoms with E-state index in [1.54, 1.807) is 0 Å². The summed E-state index contributed by atoms with van der Waals surface area (Å²) in [6, 6.07) is 10.8. The van der Waals surface area contributed by atoms with E-state index in [0.717, 1.165) is 38.9 Å². The van der Waals surface area contributed by atoms with Crippen LogP contribution in [0.3, 0.4) is 0 Å². The zero-order valence-electron chi connectivity index (χ0n) is 15.3. The fraction of sp³-hybridized carbons (Fsp3) is 0.632. The molecule has 0 saturated carbocycles. The van der Waals surface area contributed by atoms with Crippen molar-refractivity contribution in [2.75, 3.05) is 19.6 Å². The molecular weight excluding hydrogens is 373 g/mol. The van der Waals surface area contributed by atoms with Crippen LogP contribution in [0, 0.1) is 5.92 Å². The molecular formula is C19H31Cl2N3O2. The Kier molecular flexibility index (Phi) is 9.90. The van der Waals surface area contributed by atoms with E-state index < -0.39 is 0 Å². The lowest BCUT2D eigenvalue weighted by Crippen LogP contribution is -2.51. The van der Waals surface area contributed by atoms with Gasteiger partial charge in [0.25, 0.3) is 0 Å². The van der Waals surface area contributed by atoms with E-state index in [-0.39, 0.29) is 49.0 Å². The summed E-state index contributed by atoms with van der Waals surface area (Å²) in [5.74, 6) is 0.484. The molecule has 0 radical (unpaired) electrons. The van der Waals surface area contributed by atoms with Crippen molar-refractivity contribution >= 4 is 30.7 Å². The molecule has 1 aromatic carbocycles. The third-order valence-corrected chi connectivity index (χ3v) is 5.23. The predicted molar refractivity (Wildman–Crippen MR) is 109 cm³/mol. The lowest BCUT2D eigenvalue weighted by molar-refractivity contribution is -0.133. The summed E-state index contributed by atoms with van der Waals surface area (Å²) in [4.78, 5) is 14.9. The largest absolute Gasteiger partial charge is 0.364 e. The van der Waals surface area contributed by atoms with Crippen LogP contribution in [0.4, 0.5) is 0 Å². The lowest BCUT2D eigenvalue weighted by atomic mass is 9.93. The second-order valence-electron chi connectivity index (χ2n) is 7.16. The summed E-state index contributed by atoms with van der Waals surface area (Å²) in [6.07, 6.45) is 2.40. The van der Waals surface area contributed by atoms with E-state index in [1.807, 2.05) is 6.07 Å². The molecule has 2 aliphatic rings. The van der Waals surface area contributed by atoms with Crippen LogP contribution in [0.2, 0.25) is 0 Å². The Balaban J connectivity index is 0.00000169. The van der Waals surface area contributed by atoms with E-state index in [1.165, 1.54) is 5.56 Å². The minimum atomic E-state index is -0.312. The van der Waals surface area contributed by atoms with Gasteiger partial charge in [0, 0.05) is 32.2 Å². The van der Waals surface area contributed by atoms with Gasteiger partial charge in [-0.1, -0.05) is 37.3 Å². The van der Waals surface area contributed by atoms with Gasteiger partial charge in [-0.3, -0.25) is 9.69 Å². The third kappa shape index (κ3) is 6.10. The highest BCUT2D eigenvalue weighted by Gasteiger charge is 2.33. The summed E-state index contributed by atoms with van der Waals surface area (Å²) in [7, 11) is 0. The highest BCUT2D eigenvalue weighted by atomic mass is 35.5. The molecule has 26 heavy (non-hydrogen) atoms. The van der Waals surface area contributed by atoms with E-state index in [2.05, 4.69) is 41.4 Å². The van der Waals surface area contributed by atoms with Gasteiger partial charge >= 0.3 is 0 Å². The molecule has 1 amide bonds.